The van der Waals surface area contributed by atoms with Gasteiger partial charge < -0.3 is 14.9 Å². The van der Waals surface area contributed by atoms with Crippen molar-refractivity contribution in [2.45, 2.75) is 19.0 Å². The number of hydroxylamine groups is 2. The van der Waals surface area contributed by atoms with Crippen LogP contribution in [0.25, 0.3) is 0 Å². The monoisotopic (exact) mass is 394 g/mol. The molecule has 10 heteroatoms. The number of nitrogens with one attached hydrogen (secondary N) is 1. The van der Waals surface area contributed by atoms with Crippen molar-refractivity contribution in [3.05, 3.63) is 28.8 Å². The molecule has 144 valence electrons. The fraction of sp³-hybridized carbons (Fsp3) is 0.500. The number of piperidine rings is 1. The first-order valence-corrected chi connectivity index (χ1v) is 8.25. The number of ether oxygens (including phenoxy) is 1. The van der Waals surface area contributed by atoms with Crippen LogP contribution >= 0.6 is 11.6 Å². The highest BCUT2D eigenvalue weighted by molar-refractivity contribution is 6.32. The second-order valence-corrected chi connectivity index (χ2v) is 6.19. The van der Waals surface area contributed by atoms with Gasteiger partial charge in [-0.15, -0.1) is 0 Å². The summed E-state index contributed by atoms with van der Waals surface area (Å²) in [6, 6.07) is 3.98. The summed E-state index contributed by atoms with van der Waals surface area (Å²) in [6.45, 7) is 1.22. The topological polar surface area (TPSA) is 67.9 Å². The van der Waals surface area contributed by atoms with E-state index in [4.69, 9.17) is 16.3 Å². The van der Waals surface area contributed by atoms with Gasteiger partial charge >= 0.3 is 12.1 Å². The fourth-order valence-corrected chi connectivity index (χ4v) is 2.74. The van der Waals surface area contributed by atoms with Gasteiger partial charge in [-0.1, -0.05) is 11.6 Å². The molecule has 1 fully saturated rings. The van der Waals surface area contributed by atoms with Gasteiger partial charge in [0.05, 0.1) is 18.7 Å². The lowest BCUT2D eigenvalue weighted by Crippen LogP contribution is -2.43. The van der Waals surface area contributed by atoms with Crippen molar-refractivity contribution in [1.29, 1.82) is 0 Å². The van der Waals surface area contributed by atoms with Gasteiger partial charge in [-0.05, 0) is 50.0 Å². The summed E-state index contributed by atoms with van der Waals surface area (Å²) in [4.78, 5) is 28.2. The Kier molecular flexibility index (Phi) is 6.71. The molecule has 1 heterocycles. The number of amides is 1. The zero-order valence-corrected chi connectivity index (χ0v) is 14.7. The normalized spacial score (nSPS) is 15.4. The van der Waals surface area contributed by atoms with Crippen molar-refractivity contribution in [2.75, 3.05) is 26.7 Å². The molecule has 0 saturated carbocycles. The minimum atomic E-state index is -5.20. The standard InChI is InChI=1S/C16H18ClF3N2O4/c1-25-13-8-11(2-3-12(13)17)14(23)22(26-15(24)16(18,19)20)9-10-4-6-21-7-5-10/h2-3,8,10,21H,4-7,9H2,1H3. The minimum Gasteiger partial charge on any atom is -0.495 e. The summed E-state index contributed by atoms with van der Waals surface area (Å²) in [5.41, 5.74) is -0.00448. The van der Waals surface area contributed by atoms with E-state index in [1.165, 1.54) is 25.3 Å². The average molecular weight is 395 g/mol. The second kappa shape index (κ2) is 8.59. The molecule has 1 amide bonds. The third kappa shape index (κ3) is 5.25. The van der Waals surface area contributed by atoms with Gasteiger partial charge in [0.25, 0.3) is 5.91 Å². The summed E-state index contributed by atoms with van der Waals surface area (Å²) >= 11 is 5.89. The van der Waals surface area contributed by atoms with Crippen molar-refractivity contribution in [2.24, 2.45) is 5.92 Å². The summed E-state index contributed by atoms with van der Waals surface area (Å²) in [5, 5.41) is 3.82. The van der Waals surface area contributed by atoms with Crippen LogP contribution in [0, 0.1) is 5.92 Å². The van der Waals surface area contributed by atoms with E-state index in [0.717, 1.165) is 0 Å². The van der Waals surface area contributed by atoms with Crippen LogP contribution in [0.2, 0.25) is 5.02 Å². The van der Waals surface area contributed by atoms with E-state index in [1.807, 2.05) is 0 Å². The molecule has 0 radical (unpaired) electrons. The zero-order chi connectivity index (χ0) is 19.3. The van der Waals surface area contributed by atoms with E-state index in [-0.39, 0.29) is 28.8 Å². The molecule has 0 aliphatic carbocycles. The zero-order valence-electron chi connectivity index (χ0n) is 13.9. The highest BCUT2D eigenvalue weighted by atomic mass is 35.5. The van der Waals surface area contributed by atoms with E-state index in [0.29, 0.717) is 31.0 Å². The molecule has 1 saturated heterocycles. The van der Waals surface area contributed by atoms with Gasteiger partial charge in [0.2, 0.25) is 0 Å². The SMILES string of the molecule is COc1cc(C(=O)N(CC2CCNCC2)OC(=O)C(F)(F)F)ccc1Cl. The van der Waals surface area contributed by atoms with Crippen LogP contribution in [0.15, 0.2) is 18.2 Å². The maximum Gasteiger partial charge on any atom is 0.493 e. The van der Waals surface area contributed by atoms with Crippen LogP contribution in [0.3, 0.4) is 0 Å². The Bertz CT molecular complexity index is 663. The lowest BCUT2D eigenvalue weighted by Gasteiger charge is -2.29. The molecule has 0 unspecified atom stereocenters. The largest absolute Gasteiger partial charge is 0.495 e. The van der Waals surface area contributed by atoms with Gasteiger partial charge in [0.15, 0.2) is 0 Å². The molecule has 2 rings (SSSR count). The number of alkyl halides is 3. The fourth-order valence-electron chi connectivity index (χ4n) is 2.55. The van der Waals surface area contributed by atoms with Gasteiger partial charge in [0.1, 0.15) is 5.75 Å². The number of carbonyl (C=O) groups is 2. The highest BCUT2D eigenvalue weighted by Crippen LogP contribution is 2.27. The summed E-state index contributed by atoms with van der Waals surface area (Å²) in [7, 11) is 1.34. The Morgan fingerprint density at radius 2 is 1.96 bits per heavy atom. The van der Waals surface area contributed by atoms with Crippen molar-refractivity contribution >= 4 is 23.5 Å². The van der Waals surface area contributed by atoms with Crippen LogP contribution < -0.4 is 10.1 Å². The number of hydrogen-bond donors (Lipinski definition) is 1. The number of hydrogen-bond acceptors (Lipinski definition) is 5. The molecule has 6 nitrogen and oxygen atoms in total. The van der Waals surface area contributed by atoms with Crippen LogP contribution in [0.1, 0.15) is 23.2 Å². The molecule has 1 aromatic carbocycles. The molecule has 1 N–H and O–H groups in total. The molecule has 0 atom stereocenters. The number of carbonyl (C=O) groups excluding carboxylic acids is 2. The molecule has 0 spiro atoms. The number of rotatable bonds is 4. The number of benzene rings is 1. The van der Waals surface area contributed by atoms with E-state index in [2.05, 4.69) is 10.2 Å². The quantitative estimate of drug-likeness (QED) is 0.795. The van der Waals surface area contributed by atoms with E-state index in [9.17, 15) is 22.8 Å². The van der Waals surface area contributed by atoms with E-state index < -0.39 is 18.1 Å². The van der Waals surface area contributed by atoms with E-state index in [1.54, 1.807) is 0 Å². The molecular weight excluding hydrogens is 377 g/mol. The molecule has 1 aliphatic rings. The Labute approximate surface area is 153 Å². The van der Waals surface area contributed by atoms with Gasteiger partial charge in [-0.2, -0.15) is 18.2 Å². The predicted octanol–water partition coefficient (Wildman–Crippen LogP) is 2.81. The molecule has 26 heavy (non-hydrogen) atoms. The molecule has 1 aliphatic heterocycles. The first-order valence-electron chi connectivity index (χ1n) is 7.87. The Morgan fingerprint density at radius 3 is 2.54 bits per heavy atom. The summed E-state index contributed by atoms with van der Waals surface area (Å²) in [5.74, 6) is -3.23. The van der Waals surface area contributed by atoms with Crippen molar-refractivity contribution in [3.8, 4) is 5.75 Å². The van der Waals surface area contributed by atoms with Gasteiger partial charge in [-0.25, -0.2) is 4.79 Å². The summed E-state index contributed by atoms with van der Waals surface area (Å²) < 4.78 is 42.7. The Hall–Kier alpha value is -2.00. The molecule has 1 aromatic rings. The summed E-state index contributed by atoms with van der Waals surface area (Å²) in [6.07, 6.45) is -3.90. The lowest BCUT2D eigenvalue weighted by atomic mass is 9.98. The van der Waals surface area contributed by atoms with Gasteiger partial charge in [-0.3, -0.25) is 4.79 Å². The third-order valence-electron chi connectivity index (χ3n) is 3.93. The van der Waals surface area contributed by atoms with Crippen LogP contribution in [0.4, 0.5) is 13.2 Å². The highest BCUT2D eigenvalue weighted by Gasteiger charge is 2.43. The van der Waals surface area contributed by atoms with Crippen LogP contribution in [-0.4, -0.2) is 49.9 Å². The predicted molar refractivity (Wildman–Crippen MR) is 86.8 cm³/mol. The smallest absolute Gasteiger partial charge is 0.493 e. The van der Waals surface area contributed by atoms with Crippen molar-refractivity contribution in [3.63, 3.8) is 0 Å². The average Bonchev–Trinajstić information content (AvgIpc) is 2.61. The first-order chi connectivity index (χ1) is 12.2. The molecule has 0 aromatic heterocycles. The number of methoxy groups -OCH3 is 1. The number of halogens is 4. The van der Waals surface area contributed by atoms with Crippen LogP contribution in [-0.2, 0) is 9.63 Å². The third-order valence-corrected chi connectivity index (χ3v) is 4.24. The number of nitrogens with zero attached hydrogens (tertiary/aromatic N) is 1. The Morgan fingerprint density at radius 1 is 1.31 bits per heavy atom. The van der Waals surface area contributed by atoms with E-state index >= 15 is 0 Å². The van der Waals surface area contributed by atoms with Gasteiger partial charge in [0, 0.05) is 5.56 Å². The van der Waals surface area contributed by atoms with Crippen LogP contribution in [0.5, 0.6) is 5.75 Å². The maximum absolute atomic E-state index is 12.6. The first kappa shape index (κ1) is 20.3. The van der Waals surface area contributed by atoms with Crippen molar-refractivity contribution < 1.29 is 32.3 Å². The Balaban J connectivity index is 2.23. The van der Waals surface area contributed by atoms with Crippen molar-refractivity contribution in [1.82, 2.24) is 10.4 Å². The minimum absolute atomic E-state index is 0.00448. The lowest BCUT2D eigenvalue weighted by molar-refractivity contribution is -0.230. The second-order valence-electron chi connectivity index (χ2n) is 5.79. The maximum atomic E-state index is 12.6. The molecule has 0 bridgehead atoms. The molecular formula is C16H18ClF3N2O4.